The van der Waals surface area contributed by atoms with Crippen molar-refractivity contribution in [3.8, 4) is 0 Å². The van der Waals surface area contributed by atoms with E-state index in [9.17, 15) is 9.59 Å². The number of hydrogen-bond acceptors (Lipinski definition) is 3. The standard InChI is InChI=1S/C26H24Cl2N4O2/c1-2-8-22(31-26(34)17-9-4-3-5-10-17)25-30-21-11-6-7-12-23(21)32(25)16-24(33)29-18-13-14-19(27)20(28)15-18/h3-7,9-15,22H,2,8,16H2,1H3,(H,29,33)(H,31,34)/t22-/m0/s1. The van der Waals surface area contributed by atoms with Crippen molar-refractivity contribution in [3.63, 3.8) is 0 Å². The van der Waals surface area contributed by atoms with Crippen LogP contribution in [0.2, 0.25) is 10.0 Å². The molecule has 0 saturated heterocycles. The van der Waals surface area contributed by atoms with Crippen molar-refractivity contribution in [1.29, 1.82) is 0 Å². The van der Waals surface area contributed by atoms with E-state index in [-0.39, 0.29) is 24.4 Å². The highest BCUT2D eigenvalue weighted by Crippen LogP contribution is 2.26. The Hall–Kier alpha value is -3.35. The summed E-state index contributed by atoms with van der Waals surface area (Å²) in [6.07, 6.45) is 1.51. The van der Waals surface area contributed by atoms with Gasteiger partial charge in [-0.1, -0.05) is 66.9 Å². The number of imidazole rings is 1. The molecule has 4 aromatic rings. The first-order valence-corrected chi connectivity index (χ1v) is 11.8. The van der Waals surface area contributed by atoms with Gasteiger partial charge in [-0.15, -0.1) is 0 Å². The zero-order valence-electron chi connectivity index (χ0n) is 18.6. The lowest BCUT2D eigenvalue weighted by atomic mass is 10.1. The molecule has 174 valence electrons. The van der Waals surface area contributed by atoms with Crippen LogP contribution in [0.4, 0.5) is 5.69 Å². The molecule has 8 heteroatoms. The second kappa shape index (κ2) is 10.7. The van der Waals surface area contributed by atoms with Crippen molar-refractivity contribution in [3.05, 3.63) is 94.2 Å². The van der Waals surface area contributed by atoms with Crippen molar-refractivity contribution in [2.24, 2.45) is 0 Å². The highest BCUT2D eigenvalue weighted by Gasteiger charge is 2.23. The Labute approximate surface area is 207 Å². The Morgan fingerprint density at radius 2 is 1.71 bits per heavy atom. The zero-order valence-corrected chi connectivity index (χ0v) is 20.1. The minimum atomic E-state index is -0.358. The van der Waals surface area contributed by atoms with Crippen LogP contribution in [0.15, 0.2) is 72.8 Å². The smallest absolute Gasteiger partial charge is 0.251 e. The fourth-order valence-corrected chi connectivity index (χ4v) is 4.13. The molecule has 6 nitrogen and oxygen atoms in total. The van der Waals surface area contributed by atoms with Crippen molar-refractivity contribution in [1.82, 2.24) is 14.9 Å². The number of fused-ring (bicyclic) bond motifs is 1. The van der Waals surface area contributed by atoms with Crippen LogP contribution in [-0.4, -0.2) is 21.4 Å². The summed E-state index contributed by atoms with van der Waals surface area (Å²) in [7, 11) is 0. The summed E-state index contributed by atoms with van der Waals surface area (Å²) in [5.41, 5.74) is 2.70. The van der Waals surface area contributed by atoms with Crippen molar-refractivity contribution in [2.45, 2.75) is 32.4 Å². The SMILES string of the molecule is CCC[C@H](NC(=O)c1ccccc1)c1nc2ccccc2n1CC(=O)Nc1ccc(Cl)c(Cl)c1. The summed E-state index contributed by atoms with van der Waals surface area (Å²) < 4.78 is 1.85. The quantitative estimate of drug-likeness (QED) is 0.303. The molecule has 1 aromatic heterocycles. The van der Waals surface area contributed by atoms with Crippen molar-refractivity contribution >= 4 is 51.7 Å². The largest absolute Gasteiger partial charge is 0.342 e. The number of nitrogens with zero attached hydrogens (tertiary/aromatic N) is 2. The molecule has 3 aromatic carbocycles. The van der Waals surface area contributed by atoms with Crippen LogP contribution in [0.25, 0.3) is 11.0 Å². The van der Waals surface area contributed by atoms with Gasteiger partial charge in [0.15, 0.2) is 0 Å². The van der Waals surface area contributed by atoms with E-state index in [1.54, 1.807) is 30.3 Å². The van der Waals surface area contributed by atoms with Crippen molar-refractivity contribution in [2.75, 3.05) is 5.32 Å². The Kier molecular flexibility index (Phi) is 7.50. The van der Waals surface area contributed by atoms with Gasteiger partial charge in [0.2, 0.25) is 5.91 Å². The van der Waals surface area contributed by atoms with Gasteiger partial charge in [-0.2, -0.15) is 0 Å². The predicted octanol–water partition coefficient (Wildman–Crippen LogP) is 6.25. The van der Waals surface area contributed by atoms with E-state index in [0.29, 0.717) is 33.5 Å². The van der Waals surface area contributed by atoms with Gasteiger partial charge < -0.3 is 15.2 Å². The van der Waals surface area contributed by atoms with Gasteiger partial charge in [0, 0.05) is 11.3 Å². The van der Waals surface area contributed by atoms with Crippen LogP contribution >= 0.6 is 23.2 Å². The van der Waals surface area contributed by atoms with E-state index in [1.807, 2.05) is 54.0 Å². The minimum Gasteiger partial charge on any atom is -0.342 e. The number of anilines is 1. The van der Waals surface area contributed by atoms with Gasteiger partial charge in [0.25, 0.3) is 5.91 Å². The summed E-state index contributed by atoms with van der Waals surface area (Å²) in [6, 6.07) is 21.2. The molecule has 0 fully saturated rings. The van der Waals surface area contributed by atoms with Gasteiger partial charge in [0.05, 0.1) is 27.1 Å². The van der Waals surface area contributed by atoms with E-state index < -0.39 is 0 Å². The Morgan fingerprint density at radius 1 is 0.971 bits per heavy atom. The molecular weight excluding hydrogens is 471 g/mol. The third-order valence-corrected chi connectivity index (χ3v) is 6.16. The maximum absolute atomic E-state index is 13.0. The fraction of sp³-hybridized carbons (Fsp3) is 0.192. The first-order valence-electron chi connectivity index (χ1n) is 11.0. The van der Waals surface area contributed by atoms with E-state index in [0.717, 1.165) is 17.5 Å². The second-order valence-corrected chi connectivity index (χ2v) is 8.72. The molecule has 4 rings (SSSR count). The van der Waals surface area contributed by atoms with Crippen LogP contribution < -0.4 is 10.6 Å². The maximum Gasteiger partial charge on any atom is 0.251 e. The molecule has 1 heterocycles. The Morgan fingerprint density at radius 3 is 2.44 bits per heavy atom. The molecule has 0 saturated carbocycles. The van der Waals surface area contributed by atoms with Crippen molar-refractivity contribution < 1.29 is 9.59 Å². The van der Waals surface area contributed by atoms with Crippen LogP contribution in [0.5, 0.6) is 0 Å². The number of para-hydroxylation sites is 2. The molecule has 0 spiro atoms. The number of rotatable bonds is 8. The number of hydrogen-bond donors (Lipinski definition) is 2. The number of aromatic nitrogens is 2. The summed E-state index contributed by atoms with van der Waals surface area (Å²) in [4.78, 5) is 30.7. The van der Waals surface area contributed by atoms with Gasteiger partial charge in [-0.3, -0.25) is 9.59 Å². The summed E-state index contributed by atoms with van der Waals surface area (Å²) >= 11 is 12.1. The lowest BCUT2D eigenvalue weighted by molar-refractivity contribution is -0.116. The first kappa shape index (κ1) is 23.8. The zero-order chi connectivity index (χ0) is 24.1. The average Bonchev–Trinajstić information content (AvgIpc) is 3.20. The lowest BCUT2D eigenvalue weighted by Gasteiger charge is -2.20. The Bertz CT molecular complexity index is 1320. The molecule has 34 heavy (non-hydrogen) atoms. The number of amides is 2. The first-order chi connectivity index (χ1) is 16.5. The van der Waals surface area contributed by atoms with Gasteiger partial charge in [-0.25, -0.2) is 4.98 Å². The fourth-order valence-electron chi connectivity index (χ4n) is 3.83. The predicted molar refractivity (Wildman–Crippen MR) is 136 cm³/mol. The summed E-state index contributed by atoms with van der Waals surface area (Å²) in [6.45, 7) is 2.07. The molecular formula is C26H24Cl2N4O2. The maximum atomic E-state index is 13.0. The van der Waals surface area contributed by atoms with Crippen LogP contribution in [-0.2, 0) is 11.3 Å². The lowest BCUT2D eigenvalue weighted by Crippen LogP contribution is -2.31. The van der Waals surface area contributed by atoms with Gasteiger partial charge in [-0.05, 0) is 48.9 Å². The van der Waals surface area contributed by atoms with E-state index >= 15 is 0 Å². The molecule has 1 atom stereocenters. The van der Waals surface area contributed by atoms with E-state index in [2.05, 4.69) is 10.6 Å². The molecule has 2 N–H and O–H groups in total. The number of nitrogens with one attached hydrogen (secondary N) is 2. The number of halogens is 2. The Balaban J connectivity index is 1.64. The molecule has 0 aliphatic rings. The monoisotopic (exact) mass is 494 g/mol. The normalized spacial score (nSPS) is 11.9. The molecule has 0 aliphatic heterocycles. The molecule has 0 unspecified atom stereocenters. The molecule has 2 amide bonds. The summed E-state index contributed by atoms with van der Waals surface area (Å²) in [5.74, 6) is 0.210. The number of carbonyl (C=O) groups is 2. The van der Waals surface area contributed by atoms with E-state index in [1.165, 1.54) is 0 Å². The van der Waals surface area contributed by atoms with Crippen LogP contribution in [0.1, 0.15) is 42.0 Å². The van der Waals surface area contributed by atoms with Crippen LogP contribution in [0.3, 0.4) is 0 Å². The highest BCUT2D eigenvalue weighted by atomic mass is 35.5. The van der Waals surface area contributed by atoms with Gasteiger partial charge in [0.1, 0.15) is 12.4 Å². The second-order valence-electron chi connectivity index (χ2n) is 7.90. The third-order valence-electron chi connectivity index (χ3n) is 5.42. The van der Waals surface area contributed by atoms with Crippen LogP contribution in [0, 0.1) is 0 Å². The topological polar surface area (TPSA) is 76.0 Å². The summed E-state index contributed by atoms with van der Waals surface area (Å²) in [5, 5.41) is 6.74. The average molecular weight is 495 g/mol. The third kappa shape index (κ3) is 5.41. The number of benzene rings is 3. The molecule has 0 aliphatic carbocycles. The highest BCUT2D eigenvalue weighted by molar-refractivity contribution is 6.42. The molecule has 0 bridgehead atoms. The minimum absolute atomic E-state index is 0.0253. The van der Waals surface area contributed by atoms with E-state index in [4.69, 9.17) is 28.2 Å². The number of carbonyl (C=O) groups excluding carboxylic acids is 2. The molecule has 0 radical (unpaired) electrons. The van der Waals surface area contributed by atoms with Gasteiger partial charge >= 0.3 is 0 Å².